The Labute approximate surface area is 338 Å². The summed E-state index contributed by atoms with van der Waals surface area (Å²) in [6, 6.07) is 0. The van der Waals surface area contributed by atoms with Gasteiger partial charge in [-0.15, -0.1) is 0 Å². The molecular weight excluding hydrogens is 669 g/mol. The summed E-state index contributed by atoms with van der Waals surface area (Å²) in [5.41, 5.74) is 0. The van der Waals surface area contributed by atoms with E-state index in [0.717, 1.165) is 51.6 Å². The van der Waals surface area contributed by atoms with Gasteiger partial charge in [0, 0.05) is 25.9 Å². The van der Waals surface area contributed by atoms with Crippen LogP contribution in [0.5, 0.6) is 0 Å². The number of unbranched alkanes of at least 4 members (excludes halogenated alkanes) is 26. The molecule has 2 atom stereocenters. The van der Waals surface area contributed by atoms with E-state index in [-0.39, 0.29) is 24.1 Å². The molecule has 0 aromatic carbocycles. The van der Waals surface area contributed by atoms with Crippen molar-refractivity contribution in [2.45, 2.75) is 258 Å². The van der Waals surface area contributed by atoms with E-state index < -0.39 is 0 Å². The van der Waals surface area contributed by atoms with Gasteiger partial charge in [-0.25, -0.2) is 0 Å². The molecule has 6 nitrogen and oxygen atoms in total. The highest BCUT2D eigenvalue weighted by molar-refractivity contribution is 5.69. The SMILES string of the molecule is CCCCCCCCCCC(C)OC(=O)CCCCCCCCCN(CCCCCCCCCC(=O)OC(C)CCCCCCCCCC)CCN(C)C. The lowest BCUT2D eigenvalue weighted by atomic mass is 10.1. The number of rotatable bonds is 43. The summed E-state index contributed by atoms with van der Waals surface area (Å²) < 4.78 is 11.3. The highest BCUT2D eigenvalue weighted by Gasteiger charge is 2.11. The van der Waals surface area contributed by atoms with Crippen molar-refractivity contribution in [3.05, 3.63) is 0 Å². The number of esters is 2. The van der Waals surface area contributed by atoms with Gasteiger partial charge in [0.1, 0.15) is 0 Å². The van der Waals surface area contributed by atoms with Gasteiger partial charge in [-0.05, 0) is 92.4 Å². The summed E-state index contributed by atoms with van der Waals surface area (Å²) in [6.45, 7) is 13.4. The van der Waals surface area contributed by atoms with Crippen LogP contribution in [0.2, 0.25) is 0 Å². The van der Waals surface area contributed by atoms with E-state index in [2.05, 4.69) is 51.6 Å². The van der Waals surface area contributed by atoms with Crippen molar-refractivity contribution in [3.8, 4) is 0 Å². The molecule has 0 aliphatic rings. The van der Waals surface area contributed by atoms with E-state index in [1.807, 2.05) is 0 Å². The predicted molar refractivity (Wildman–Crippen MR) is 234 cm³/mol. The van der Waals surface area contributed by atoms with Crippen molar-refractivity contribution < 1.29 is 19.1 Å². The van der Waals surface area contributed by atoms with Crippen molar-refractivity contribution in [2.24, 2.45) is 0 Å². The third-order valence-corrected chi connectivity index (χ3v) is 11.2. The Morgan fingerprint density at radius 1 is 0.389 bits per heavy atom. The van der Waals surface area contributed by atoms with Crippen molar-refractivity contribution in [2.75, 3.05) is 40.3 Å². The highest BCUT2D eigenvalue weighted by atomic mass is 16.5. The first-order valence-corrected chi connectivity index (χ1v) is 24.0. The molecule has 322 valence electrons. The molecule has 0 rings (SSSR count). The van der Waals surface area contributed by atoms with Crippen LogP contribution in [-0.4, -0.2) is 74.2 Å². The molecular formula is C48H96N2O4. The van der Waals surface area contributed by atoms with E-state index in [4.69, 9.17) is 9.47 Å². The zero-order valence-electron chi connectivity index (χ0n) is 37.6. The average Bonchev–Trinajstić information content (AvgIpc) is 3.14. The molecule has 0 spiro atoms. The first kappa shape index (κ1) is 52.9. The minimum atomic E-state index is 0.00282. The Hall–Kier alpha value is -1.14. The van der Waals surface area contributed by atoms with Crippen LogP contribution in [0.1, 0.15) is 246 Å². The zero-order chi connectivity index (χ0) is 39.7. The van der Waals surface area contributed by atoms with Crippen LogP contribution < -0.4 is 0 Å². The average molecular weight is 765 g/mol. The Bertz CT molecular complexity index is 733. The topological polar surface area (TPSA) is 59.1 Å². The van der Waals surface area contributed by atoms with Gasteiger partial charge >= 0.3 is 11.9 Å². The Kier molecular flexibility index (Phi) is 40.6. The fourth-order valence-corrected chi connectivity index (χ4v) is 7.47. The first-order valence-electron chi connectivity index (χ1n) is 24.0. The molecule has 0 N–H and O–H groups in total. The van der Waals surface area contributed by atoms with Crippen molar-refractivity contribution in [1.29, 1.82) is 0 Å². The molecule has 2 unspecified atom stereocenters. The number of ether oxygens (including phenoxy) is 2. The number of carbonyl (C=O) groups is 2. The third kappa shape index (κ3) is 40.5. The molecule has 0 heterocycles. The minimum absolute atomic E-state index is 0.00282. The summed E-state index contributed by atoms with van der Waals surface area (Å²) in [7, 11) is 4.35. The lowest BCUT2D eigenvalue weighted by molar-refractivity contribution is -0.149. The number of nitrogens with zero attached hydrogens (tertiary/aromatic N) is 2. The maximum Gasteiger partial charge on any atom is 0.306 e. The summed E-state index contributed by atoms with van der Waals surface area (Å²) >= 11 is 0. The highest BCUT2D eigenvalue weighted by Crippen LogP contribution is 2.16. The summed E-state index contributed by atoms with van der Waals surface area (Å²) in [5.74, 6) is 0.00564. The van der Waals surface area contributed by atoms with Gasteiger partial charge in [0.2, 0.25) is 0 Å². The lowest BCUT2D eigenvalue weighted by Crippen LogP contribution is -2.33. The van der Waals surface area contributed by atoms with E-state index in [9.17, 15) is 9.59 Å². The second-order valence-corrected chi connectivity index (χ2v) is 17.2. The number of hydrogen-bond donors (Lipinski definition) is 0. The van der Waals surface area contributed by atoms with Gasteiger partial charge in [-0.3, -0.25) is 9.59 Å². The van der Waals surface area contributed by atoms with Crippen molar-refractivity contribution in [1.82, 2.24) is 9.80 Å². The van der Waals surface area contributed by atoms with Crippen LogP contribution in [-0.2, 0) is 19.1 Å². The van der Waals surface area contributed by atoms with Crippen LogP contribution >= 0.6 is 0 Å². The molecule has 0 aromatic rings. The molecule has 0 aliphatic heterocycles. The molecule has 54 heavy (non-hydrogen) atoms. The van der Waals surface area contributed by atoms with Gasteiger partial charge in [-0.1, -0.05) is 168 Å². The molecule has 0 amide bonds. The van der Waals surface area contributed by atoms with Crippen molar-refractivity contribution >= 4 is 11.9 Å². The maximum atomic E-state index is 12.2. The van der Waals surface area contributed by atoms with E-state index in [1.165, 1.54) is 180 Å². The fourth-order valence-electron chi connectivity index (χ4n) is 7.47. The second-order valence-electron chi connectivity index (χ2n) is 17.2. The van der Waals surface area contributed by atoms with Gasteiger partial charge in [0.25, 0.3) is 0 Å². The zero-order valence-corrected chi connectivity index (χ0v) is 37.6. The van der Waals surface area contributed by atoms with Crippen LogP contribution in [0.25, 0.3) is 0 Å². The normalized spacial score (nSPS) is 12.8. The van der Waals surface area contributed by atoms with Crippen LogP contribution in [0, 0.1) is 0 Å². The van der Waals surface area contributed by atoms with E-state index in [0.29, 0.717) is 12.8 Å². The molecule has 0 aliphatic carbocycles. The largest absolute Gasteiger partial charge is 0.463 e. The summed E-state index contributed by atoms with van der Waals surface area (Å²) in [5, 5.41) is 0. The molecule has 0 bridgehead atoms. The molecule has 0 fully saturated rings. The molecule has 0 aromatic heterocycles. The van der Waals surface area contributed by atoms with Gasteiger partial charge < -0.3 is 19.3 Å². The lowest BCUT2D eigenvalue weighted by Gasteiger charge is -2.24. The smallest absolute Gasteiger partial charge is 0.306 e. The standard InChI is InChI=1S/C48H96N2O4/c1-7-9-11-13-15-19-25-31-37-45(3)53-47(51)39-33-27-21-17-23-29-35-41-50(44-43-49(5)6)42-36-30-24-18-22-28-34-40-48(52)54-46(4)38-32-26-20-16-14-12-10-8-2/h45-46H,7-44H2,1-6H3. The fraction of sp³-hybridized carbons (Fsp3) is 0.958. The maximum absolute atomic E-state index is 12.2. The van der Waals surface area contributed by atoms with E-state index >= 15 is 0 Å². The van der Waals surface area contributed by atoms with Crippen LogP contribution in [0.4, 0.5) is 0 Å². The summed E-state index contributed by atoms with van der Waals surface area (Å²) in [6.07, 6.45) is 41.5. The number of hydrogen-bond acceptors (Lipinski definition) is 6. The second kappa shape index (κ2) is 41.5. The monoisotopic (exact) mass is 765 g/mol. The third-order valence-electron chi connectivity index (χ3n) is 11.2. The Balaban J connectivity index is 3.77. The Morgan fingerprint density at radius 3 is 1.02 bits per heavy atom. The summed E-state index contributed by atoms with van der Waals surface area (Å²) in [4.78, 5) is 29.5. The van der Waals surface area contributed by atoms with Gasteiger partial charge in [-0.2, -0.15) is 0 Å². The van der Waals surface area contributed by atoms with Crippen molar-refractivity contribution in [3.63, 3.8) is 0 Å². The van der Waals surface area contributed by atoms with Crippen LogP contribution in [0.15, 0.2) is 0 Å². The van der Waals surface area contributed by atoms with Gasteiger partial charge in [0.05, 0.1) is 12.2 Å². The quantitative estimate of drug-likeness (QED) is 0.0455. The van der Waals surface area contributed by atoms with Gasteiger partial charge in [0.15, 0.2) is 0 Å². The van der Waals surface area contributed by atoms with Crippen LogP contribution in [0.3, 0.4) is 0 Å². The molecule has 0 saturated carbocycles. The number of likely N-dealkylation sites (N-methyl/N-ethyl adjacent to an activating group) is 1. The molecule has 0 saturated heterocycles. The number of carbonyl (C=O) groups excluding carboxylic acids is 2. The first-order chi connectivity index (χ1) is 26.3. The Morgan fingerprint density at radius 2 is 0.685 bits per heavy atom. The molecule has 6 heteroatoms. The van der Waals surface area contributed by atoms with E-state index in [1.54, 1.807) is 0 Å². The predicted octanol–water partition coefficient (Wildman–Crippen LogP) is 14.0. The minimum Gasteiger partial charge on any atom is -0.463 e. The molecule has 0 radical (unpaired) electrons.